The zero-order valence-corrected chi connectivity index (χ0v) is 9.83. The molecule has 0 saturated carbocycles. The van der Waals surface area contributed by atoms with Gasteiger partial charge in [-0.05, 0) is 6.07 Å². The highest BCUT2D eigenvalue weighted by atomic mass is 35.5. The first kappa shape index (κ1) is 11.2. The summed E-state index contributed by atoms with van der Waals surface area (Å²) in [5.41, 5.74) is 0.791. The molecule has 0 unspecified atom stereocenters. The zero-order chi connectivity index (χ0) is 11.5. The van der Waals surface area contributed by atoms with Gasteiger partial charge in [0.05, 0.1) is 12.1 Å². The summed E-state index contributed by atoms with van der Waals surface area (Å²) in [5.74, 6) is 0.817. The van der Waals surface area contributed by atoms with Crippen molar-refractivity contribution < 1.29 is 9.53 Å². The molecule has 0 N–H and O–H groups in total. The minimum atomic E-state index is 0.301. The van der Waals surface area contributed by atoms with Crippen molar-refractivity contribution in [2.45, 2.75) is 12.8 Å². The molecule has 0 radical (unpaired) electrons. The largest absolute Gasteiger partial charge is 0.479 e. The van der Waals surface area contributed by atoms with Crippen LogP contribution in [0.15, 0.2) is 12.3 Å². The minimum absolute atomic E-state index is 0.301. The van der Waals surface area contributed by atoms with E-state index < -0.39 is 0 Å². The Labute approximate surface area is 99.2 Å². The Bertz CT molecular complexity index is 399. The van der Waals surface area contributed by atoms with Gasteiger partial charge in [0.2, 0.25) is 5.88 Å². The molecule has 0 atom stereocenters. The Kier molecular flexibility index (Phi) is 3.29. The summed E-state index contributed by atoms with van der Waals surface area (Å²) in [6.07, 6.45) is 2.74. The maximum atomic E-state index is 11.2. The Morgan fingerprint density at radius 1 is 1.44 bits per heavy atom. The number of rotatable bonds is 2. The van der Waals surface area contributed by atoms with Crippen LogP contribution in [-0.2, 0) is 4.79 Å². The van der Waals surface area contributed by atoms with Crippen molar-refractivity contribution in [1.82, 2.24) is 4.98 Å². The number of pyridine rings is 1. The molecule has 0 amide bonds. The molecular formula is C11H13ClN2O2. The normalized spacial score (nSPS) is 16.4. The van der Waals surface area contributed by atoms with Crippen LogP contribution in [0.5, 0.6) is 5.88 Å². The smallest absolute Gasteiger partial charge is 0.238 e. The third kappa shape index (κ3) is 2.11. The Morgan fingerprint density at radius 2 is 2.12 bits per heavy atom. The molecule has 1 aliphatic rings. The number of halogens is 1. The van der Waals surface area contributed by atoms with Gasteiger partial charge in [0.1, 0.15) is 11.5 Å². The number of carbonyl (C=O) groups is 1. The summed E-state index contributed by atoms with van der Waals surface area (Å²) in [6, 6.07) is 1.73. The number of methoxy groups -OCH3 is 1. The van der Waals surface area contributed by atoms with Gasteiger partial charge in [-0.3, -0.25) is 4.79 Å². The number of hydrogen-bond acceptors (Lipinski definition) is 4. The standard InChI is InChI=1S/C11H13ClN2O2/c1-16-11-10(9(12)2-5-13-11)14-6-3-8(15)4-7-14/h2,5H,3-4,6-7H2,1H3. The minimum Gasteiger partial charge on any atom is -0.479 e. The van der Waals surface area contributed by atoms with Crippen LogP contribution < -0.4 is 9.64 Å². The molecule has 2 heterocycles. The predicted octanol–water partition coefficient (Wildman–Crippen LogP) is 1.91. The first-order valence-corrected chi connectivity index (χ1v) is 5.55. The van der Waals surface area contributed by atoms with Gasteiger partial charge in [0.25, 0.3) is 0 Å². The SMILES string of the molecule is COc1nccc(Cl)c1N1CCC(=O)CC1. The number of hydrogen-bond donors (Lipinski definition) is 0. The van der Waals surface area contributed by atoms with Crippen molar-refractivity contribution in [2.75, 3.05) is 25.1 Å². The highest BCUT2D eigenvalue weighted by molar-refractivity contribution is 6.33. The summed E-state index contributed by atoms with van der Waals surface area (Å²) < 4.78 is 5.18. The van der Waals surface area contributed by atoms with Crippen LogP contribution in [0, 0.1) is 0 Å². The van der Waals surface area contributed by atoms with Gasteiger partial charge in [0.15, 0.2) is 0 Å². The number of aromatic nitrogens is 1. The van der Waals surface area contributed by atoms with E-state index in [0.29, 0.717) is 42.6 Å². The summed E-state index contributed by atoms with van der Waals surface area (Å²) in [6.45, 7) is 1.36. The maximum absolute atomic E-state index is 11.2. The molecule has 16 heavy (non-hydrogen) atoms. The van der Waals surface area contributed by atoms with Crippen LogP contribution in [0.25, 0.3) is 0 Å². The molecule has 1 aliphatic heterocycles. The van der Waals surface area contributed by atoms with Crippen LogP contribution in [0.2, 0.25) is 5.02 Å². The van der Waals surface area contributed by atoms with Crippen molar-refractivity contribution >= 4 is 23.1 Å². The molecule has 0 bridgehead atoms. The Balaban J connectivity index is 2.28. The number of Topliss-reactive ketones (excluding diaryl/α,β-unsaturated/α-hetero) is 1. The van der Waals surface area contributed by atoms with Gasteiger partial charge >= 0.3 is 0 Å². The van der Waals surface area contributed by atoms with Crippen LogP contribution in [-0.4, -0.2) is 31.0 Å². The third-order valence-electron chi connectivity index (χ3n) is 2.67. The first-order chi connectivity index (χ1) is 7.72. The molecule has 0 aliphatic carbocycles. The molecule has 1 aromatic rings. The molecule has 2 rings (SSSR count). The van der Waals surface area contributed by atoms with E-state index in [1.54, 1.807) is 19.4 Å². The van der Waals surface area contributed by atoms with Crippen LogP contribution >= 0.6 is 11.6 Å². The monoisotopic (exact) mass is 240 g/mol. The lowest BCUT2D eigenvalue weighted by atomic mass is 10.1. The quantitative estimate of drug-likeness (QED) is 0.792. The first-order valence-electron chi connectivity index (χ1n) is 5.17. The van der Waals surface area contributed by atoms with Crippen molar-refractivity contribution in [3.8, 4) is 5.88 Å². The third-order valence-corrected chi connectivity index (χ3v) is 2.98. The fraction of sp³-hybridized carbons (Fsp3) is 0.455. The Hall–Kier alpha value is -1.29. The van der Waals surface area contributed by atoms with E-state index in [9.17, 15) is 4.79 Å². The van der Waals surface area contributed by atoms with Crippen molar-refractivity contribution in [3.63, 3.8) is 0 Å². The lowest BCUT2D eigenvalue weighted by Crippen LogP contribution is -2.34. The number of piperidine rings is 1. The summed E-state index contributed by atoms with van der Waals surface area (Å²) >= 11 is 6.13. The average molecular weight is 241 g/mol. The fourth-order valence-corrected chi connectivity index (χ4v) is 2.08. The van der Waals surface area contributed by atoms with Gasteiger partial charge in [-0.1, -0.05) is 11.6 Å². The topological polar surface area (TPSA) is 42.4 Å². The van der Waals surface area contributed by atoms with E-state index in [-0.39, 0.29) is 0 Å². The number of carbonyl (C=O) groups excluding carboxylic acids is 1. The van der Waals surface area contributed by atoms with E-state index in [0.717, 1.165) is 5.69 Å². The fourth-order valence-electron chi connectivity index (χ4n) is 1.83. The zero-order valence-electron chi connectivity index (χ0n) is 9.07. The number of ether oxygens (including phenoxy) is 1. The summed E-state index contributed by atoms with van der Waals surface area (Å²) in [4.78, 5) is 17.3. The molecular weight excluding hydrogens is 228 g/mol. The van der Waals surface area contributed by atoms with Gasteiger partial charge in [-0.25, -0.2) is 4.98 Å². The highest BCUT2D eigenvalue weighted by Gasteiger charge is 2.22. The summed E-state index contributed by atoms with van der Waals surface area (Å²) in [5, 5.41) is 0.612. The molecule has 0 aromatic carbocycles. The molecule has 1 saturated heterocycles. The van der Waals surface area contributed by atoms with Gasteiger partial charge in [0, 0.05) is 32.1 Å². The van der Waals surface area contributed by atoms with Crippen molar-refractivity contribution in [2.24, 2.45) is 0 Å². The number of anilines is 1. The highest BCUT2D eigenvalue weighted by Crippen LogP contribution is 2.34. The van der Waals surface area contributed by atoms with E-state index in [2.05, 4.69) is 9.88 Å². The van der Waals surface area contributed by atoms with Crippen LogP contribution in [0.1, 0.15) is 12.8 Å². The lowest BCUT2D eigenvalue weighted by molar-refractivity contribution is -0.119. The number of ketones is 1. The van der Waals surface area contributed by atoms with E-state index in [4.69, 9.17) is 16.3 Å². The second kappa shape index (κ2) is 4.70. The second-order valence-electron chi connectivity index (χ2n) is 3.68. The maximum Gasteiger partial charge on any atom is 0.238 e. The van der Waals surface area contributed by atoms with Gasteiger partial charge in [-0.15, -0.1) is 0 Å². The van der Waals surface area contributed by atoms with Crippen LogP contribution in [0.3, 0.4) is 0 Å². The Morgan fingerprint density at radius 3 is 2.75 bits per heavy atom. The van der Waals surface area contributed by atoms with Crippen LogP contribution in [0.4, 0.5) is 5.69 Å². The second-order valence-corrected chi connectivity index (χ2v) is 4.08. The van der Waals surface area contributed by atoms with E-state index in [1.165, 1.54) is 0 Å². The van der Waals surface area contributed by atoms with Gasteiger partial charge < -0.3 is 9.64 Å². The summed E-state index contributed by atoms with van der Waals surface area (Å²) in [7, 11) is 1.57. The van der Waals surface area contributed by atoms with Crippen molar-refractivity contribution in [1.29, 1.82) is 0 Å². The molecule has 5 heteroatoms. The van der Waals surface area contributed by atoms with E-state index in [1.807, 2.05) is 0 Å². The molecule has 86 valence electrons. The molecule has 0 spiro atoms. The van der Waals surface area contributed by atoms with Crippen molar-refractivity contribution in [3.05, 3.63) is 17.3 Å². The lowest BCUT2D eigenvalue weighted by Gasteiger charge is -2.29. The van der Waals surface area contributed by atoms with Gasteiger partial charge in [-0.2, -0.15) is 0 Å². The predicted molar refractivity (Wildman–Crippen MR) is 62.3 cm³/mol. The molecule has 1 aromatic heterocycles. The number of nitrogens with zero attached hydrogens (tertiary/aromatic N) is 2. The van der Waals surface area contributed by atoms with E-state index >= 15 is 0 Å². The average Bonchev–Trinajstić information content (AvgIpc) is 2.30. The molecule has 4 nitrogen and oxygen atoms in total. The molecule has 1 fully saturated rings.